The fourth-order valence-electron chi connectivity index (χ4n) is 4.10. The Morgan fingerprint density at radius 1 is 1.23 bits per heavy atom. The van der Waals surface area contributed by atoms with Crippen LogP contribution in [0.1, 0.15) is 31.1 Å². The van der Waals surface area contributed by atoms with E-state index in [1.54, 1.807) is 19.9 Å². The number of nitrogens with one attached hydrogen (secondary N) is 1. The van der Waals surface area contributed by atoms with Gasteiger partial charge in [0.25, 0.3) is 5.91 Å². The Kier molecular flexibility index (Phi) is 7.71. The number of thioether (sulfide) groups is 1. The van der Waals surface area contributed by atoms with Crippen LogP contribution in [-0.4, -0.2) is 57.0 Å². The molecule has 0 radical (unpaired) electrons. The molecule has 0 aromatic heterocycles. The van der Waals surface area contributed by atoms with Crippen molar-refractivity contribution in [1.82, 2.24) is 10.2 Å². The first kappa shape index (κ1) is 25.5. The van der Waals surface area contributed by atoms with Crippen molar-refractivity contribution in [1.29, 1.82) is 0 Å². The van der Waals surface area contributed by atoms with E-state index in [0.717, 1.165) is 10.8 Å². The molecule has 0 unspecified atom stereocenters. The van der Waals surface area contributed by atoms with Gasteiger partial charge in [-0.25, -0.2) is 0 Å². The van der Waals surface area contributed by atoms with Crippen LogP contribution >= 0.6 is 11.8 Å². The molecule has 2 heterocycles. The van der Waals surface area contributed by atoms with Crippen LogP contribution in [0.3, 0.4) is 0 Å². The van der Waals surface area contributed by atoms with E-state index in [1.807, 2.05) is 37.3 Å². The van der Waals surface area contributed by atoms with E-state index in [2.05, 4.69) is 5.32 Å². The number of amides is 2. The second kappa shape index (κ2) is 9.38. The maximum Gasteiger partial charge on any atom is 1.00 e. The molecule has 2 aromatic carbocycles. The molecule has 0 aliphatic carbocycles. The quantitative estimate of drug-likeness (QED) is 0.387. The van der Waals surface area contributed by atoms with E-state index in [0.29, 0.717) is 17.9 Å². The minimum Gasteiger partial charge on any atom is -0.548 e. The minimum atomic E-state index is -1.28. The number of fused-ring (bicyclic) bond motifs is 2. The molecule has 0 bridgehead atoms. The summed E-state index contributed by atoms with van der Waals surface area (Å²) in [5.74, 6) is -1.66. The van der Waals surface area contributed by atoms with Gasteiger partial charge in [0.2, 0.25) is 5.91 Å². The molecule has 10 heteroatoms. The molecule has 31 heavy (non-hydrogen) atoms. The molecule has 3 N–H and O–H groups in total. The number of carboxylic acids is 1. The van der Waals surface area contributed by atoms with Crippen molar-refractivity contribution >= 4 is 40.3 Å². The molecular weight excluding hydrogens is 431 g/mol. The van der Waals surface area contributed by atoms with Gasteiger partial charge in [0.1, 0.15) is 17.2 Å². The van der Waals surface area contributed by atoms with Gasteiger partial charge in [0.05, 0.1) is 24.2 Å². The van der Waals surface area contributed by atoms with Crippen molar-refractivity contribution in [2.45, 2.75) is 43.0 Å². The Morgan fingerprint density at radius 2 is 1.90 bits per heavy atom. The van der Waals surface area contributed by atoms with E-state index < -0.39 is 40.0 Å². The topological polar surface area (TPSA) is 130 Å². The number of carbonyl (C=O) groups excluding carboxylic acids is 3. The van der Waals surface area contributed by atoms with Crippen LogP contribution in [0, 0.1) is 0 Å². The maximum atomic E-state index is 13.2. The van der Waals surface area contributed by atoms with Gasteiger partial charge in [-0.3, -0.25) is 9.59 Å². The van der Waals surface area contributed by atoms with Gasteiger partial charge < -0.3 is 30.3 Å². The van der Waals surface area contributed by atoms with Crippen LogP contribution in [0.15, 0.2) is 36.4 Å². The Labute approximate surface area is 206 Å². The van der Waals surface area contributed by atoms with Crippen molar-refractivity contribution in [3.63, 3.8) is 0 Å². The first-order valence-corrected chi connectivity index (χ1v) is 10.3. The Balaban J connectivity index is 0.00000171. The molecule has 2 amide bonds. The third-order valence-corrected chi connectivity index (χ3v) is 6.94. The zero-order valence-electron chi connectivity index (χ0n) is 17.8. The van der Waals surface area contributed by atoms with Crippen molar-refractivity contribution in [2.75, 3.05) is 6.61 Å². The number of ether oxygens (including phenoxy) is 1. The molecule has 8 nitrogen and oxygen atoms in total. The Morgan fingerprint density at radius 3 is 2.55 bits per heavy atom. The number of rotatable bonds is 5. The number of benzene rings is 2. The Hall–Kier alpha value is -1.78. The first-order chi connectivity index (χ1) is 13.8. The molecule has 2 saturated heterocycles. The van der Waals surface area contributed by atoms with Gasteiger partial charge >= 0.3 is 29.6 Å². The van der Waals surface area contributed by atoms with Gasteiger partial charge in [0.15, 0.2) is 0 Å². The predicted molar refractivity (Wildman–Crippen MR) is 111 cm³/mol. The van der Waals surface area contributed by atoms with Crippen LogP contribution in [0.4, 0.5) is 0 Å². The van der Waals surface area contributed by atoms with Crippen molar-refractivity contribution in [2.24, 2.45) is 0 Å². The summed E-state index contributed by atoms with van der Waals surface area (Å²) in [6.07, 6.45) is 0. The SMILES string of the molecule is CCOc1ccc2ccccc2c1C(=O)N[C@H]1C(=O)N2[C@@H]1SC(C)(C)[C@@H]2C(=O)[O-].O.[Na+]. The van der Waals surface area contributed by atoms with Gasteiger partial charge in [0, 0.05) is 4.75 Å². The number of hydrogen-bond donors (Lipinski definition) is 1. The number of β-lactam (4-membered cyclic amide) rings is 1. The summed E-state index contributed by atoms with van der Waals surface area (Å²) in [4.78, 5) is 38.7. The average molecular weight is 454 g/mol. The van der Waals surface area contributed by atoms with Gasteiger partial charge in [-0.05, 0) is 37.6 Å². The van der Waals surface area contributed by atoms with E-state index in [9.17, 15) is 19.5 Å². The maximum absolute atomic E-state index is 13.2. The monoisotopic (exact) mass is 454 g/mol. The molecule has 2 aromatic rings. The van der Waals surface area contributed by atoms with Crippen LogP contribution in [-0.2, 0) is 9.59 Å². The summed E-state index contributed by atoms with van der Waals surface area (Å²) in [6, 6.07) is 9.28. The van der Waals surface area contributed by atoms with Crippen molar-refractivity contribution < 1.29 is 59.3 Å². The molecule has 2 aliphatic rings. The number of hydrogen-bond acceptors (Lipinski definition) is 6. The fourth-order valence-corrected chi connectivity index (χ4v) is 5.72. The fraction of sp³-hybridized carbons (Fsp3) is 0.381. The largest absolute Gasteiger partial charge is 1.00 e. The molecule has 4 rings (SSSR count). The van der Waals surface area contributed by atoms with E-state index >= 15 is 0 Å². The summed E-state index contributed by atoms with van der Waals surface area (Å²) in [7, 11) is 0. The van der Waals surface area contributed by atoms with E-state index in [1.165, 1.54) is 16.7 Å². The summed E-state index contributed by atoms with van der Waals surface area (Å²) < 4.78 is 4.95. The van der Waals surface area contributed by atoms with Gasteiger partial charge in [-0.2, -0.15) is 0 Å². The zero-order chi connectivity index (χ0) is 20.9. The van der Waals surface area contributed by atoms with Crippen molar-refractivity contribution in [3.05, 3.63) is 42.0 Å². The van der Waals surface area contributed by atoms with Crippen LogP contribution < -0.4 is 44.7 Å². The summed E-state index contributed by atoms with van der Waals surface area (Å²) in [5, 5.41) is 15.5. The first-order valence-electron chi connectivity index (χ1n) is 9.42. The molecule has 2 fully saturated rings. The predicted octanol–water partition coefficient (Wildman–Crippen LogP) is -2.67. The number of carbonyl (C=O) groups is 3. The summed E-state index contributed by atoms with van der Waals surface area (Å²) in [5.41, 5.74) is 0.370. The molecule has 3 atom stereocenters. The van der Waals surface area contributed by atoms with Crippen molar-refractivity contribution in [3.8, 4) is 5.75 Å². The van der Waals surface area contributed by atoms with E-state index in [4.69, 9.17) is 4.74 Å². The molecule has 160 valence electrons. The van der Waals surface area contributed by atoms with Gasteiger partial charge in [-0.15, -0.1) is 11.8 Å². The average Bonchev–Trinajstić information content (AvgIpc) is 2.94. The minimum absolute atomic E-state index is 0. The second-order valence-electron chi connectivity index (χ2n) is 7.62. The van der Waals surface area contributed by atoms with Crippen LogP contribution in [0.25, 0.3) is 10.8 Å². The van der Waals surface area contributed by atoms with Crippen LogP contribution in [0.2, 0.25) is 0 Å². The third kappa shape index (κ3) is 4.17. The smallest absolute Gasteiger partial charge is 0.548 e. The normalized spacial score (nSPS) is 23.1. The third-order valence-electron chi connectivity index (χ3n) is 5.37. The second-order valence-corrected chi connectivity index (χ2v) is 9.39. The number of carboxylic acid groups (broad SMARTS) is 1. The molecule has 2 aliphatic heterocycles. The Bertz CT molecular complexity index is 1030. The summed E-state index contributed by atoms with van der Waals surface area (Å²) >= 11 is 1.36. The molecular formula is C21H23N2NaO6S. The molecule has 0 saturated carbocycles. The van der Waals surface area contributed by atoms with Gasteiger partial charge in [-0.1, -0.05) is 30.3 Å². The zero-order valence-corrected chi connectivity index (χ0v) is 20.6. The van der Waals surface area contributed by atoms with E-state index in [-0.39, 0.29) is 35.0 Å². The number of nitrogens with zero attached hydrogens (tertiary/aromatic N) is 1. The molecule has 0 spiro atoms. The summed E-state index contributed by atoms with van der Waals surface area (Å²) in [6.45, 7) is 5.76. The van der Waals surface area contributed by atoms with Crippen LogP contribution in [0.5, 0.6) is 5.75 Å². The number of aliphatic carboxylic acids is 1. The standard InChI is InChI=1S/C21H22N2O5S.Na.H2O/c1-4-28-13-10-9-11-7-5-6-8-12(11)14(13)17(24)22-15-18(25)23-16(20(26)27)21(2,3)29-19(15)23;;/h5-10,15-16,19H,4H2,1-3H3,(H,22,24)(H,26,27);;1H2/q;+1;/p-1/t15-,16-,19+;;/m0../s1.